The van der Waals surface area contributed by atoms with Crippen LogP contribution < -0.4 is 0 Å². The first kappa shape index (κ1) is 41.9. The molecule has 0 aliphatic heterocycles. The molecule has 2 atom stereocenters. The predicted molar refractivity (Wildman–Crippen MR) is 169 cm³/mol. The van der Waals surface area contributed by atoms with Crippen LogP contribution in [-0.2, 0) is 38.1 Å². The molecule has 2 rings (SSSR count). The van der Waals surface area contributed by atoms with E-state index in [4.69, 9.17) is 14.9 Å². The first-order chi connectivity index (χ1) is 20.9. The van der Waals surface area contributed by atoms with Crippen molar-refractivity contribution in [3.05, 3.63) is 96.1 Å². The Labute approximate surface area is 261 Å². The number of ether oxygens (including phenoxy) is 4. The highest BCUT2D eigenvalue weighted by Gasteiger charge is 2.19. The van der Waals surface area contributed by atoms with E-state index in [1.54, 1.807) is 27.7 Å². The second-order valence-electron chi connectivity index (χ2n) is 8.84. The number of aliphatic hydroxyl groups is 2. The van der Waals surface area contributed by atoms with Gasteiger partial charge >= 0.3 is 23.9 Å². The van der Waals surface area contributed by atoms with Crippen LogP contribution in [0.5, 0.6) is 0 Å². The number of rotatable bonds is 12. The molecule has 2 N–H and O–H groups in total. The molecule has 2 aromatic carbocycles. The maximum absolute atomic E-state index is 11.6. The summed E-state index contributed by atoms with van der Waals surface area (Å²) in [6.45, 7) is 18.5. The van der Waals surface area contributed by atoms with Gasteiger partial charge in [-0.05, 0) is 38.8 Å². The van der Waals surface area contributed by atoms with Crippen molar-refractivity contribution in [1.82, 2.24) is 0 Å². The lowest BCUT2D eigenvalue weighted by atomic mass is 10.0. The van der Waals surface area contributed by atoms with Crippen molar-refractivity contribution < 1.29 is 48.3 Å². The van der Waals surface area contributed by atoms with Crippen LogP contribution in [0.3, 0.4) is 0 Å². The van der Waals surface area contributed by atoms with Gasteiger partial charge in [-0.15, -0.1) is 0 Å². The number of hydrogen-bond donors (Lipinski definition) is 2. The fourth-order valence-corrected chi connectivity index (χ4v) is 2.87. The lowest BCUT2D eigenvalue weighted by Crippen LogP contribution is -2.19. The van der Waals surface area contributed by atoms with E-state index in [0.717, 1.165) is 5.56 Å². The minimum Gasteiger partial charge on any atom is -0.462 e. The number of esters is 4. The molecular formula is C34H48O10. The Hall–Kier alpha value is -4.28. The highest BCUT2D eigenvalue weighted by molar-refractivity contribution is 6.13. The second kappa shape index (κ2) is 26.4. The van der Waals surface area contributed by atoms with E-state index in [0.29, 0.717) is 0 Å². The summed E-state index contributed by atoms with van der Waals surface area (Å²) < 4.78 is 18.8. The van der Waals surface area contributed by atoms with E-state index in [-0.39, 0.29) is 62.6 Å². The molecule has 0 aromatic heterocycles. The molecule has 0 radical (unpaired) electrons. The molecule has 0 amide bonds. The van der Waals surface area contributed by atoms with E-state index in [1.807, 2.05) is 74.5 Å². The zero-order valence-electron chi connectivity index (χ0n) is 26.7. The molecule has 2 unspecified atom stereocenters. The fraction of sp³-hybridized carbons (Fsp3) is 0.412. The summed E-state index contributed by atoms with van der Waals surface area (Å²) in [5, 5.41) is 16.4. The summed E-state index contributed by atoms with van der Waals surface area (Å²) in [4.78, 5) is 44.5. The third-order valence-electron chi connectivity index (χ3n) is 5.29. The largest absolute Gasteiger partial charge is 0.462 e. The molecule has 2 aromatic rings. The number of carbonyl (C=O) groups excluding carboxylic acids is 4. The SMILES string of the molecule is C=C(C(=O)OCC)C(=O)OCC.C=C(C(=O)OCC)C(=O)OCC(C)c1ccccc1.CC(CO)c1ccccc1.CCO. The van der Waals surface area contributed by atoms with Crippen LogP contribution in [0, 0.1) is 0 Å². The van der Waals surface area contributed by atoms with Crippen LogP contribution in [-0.4, -0.2) is 73.7 Å². The summed E-state index contributed by atoms with van der Waals surface area (Å²) in [6, 6.07) is 19.7. The fourth-order valence-electron chi connectivity index (χ4n) is 2.87. The van der Waals surface area contributed by atoms with Crippen molar-refractivity contribution in [3.8, 4) is 0 Å². The molecule has 0 spiro atoms. The Bertz CT molecular complexity index is 1090. The van der Waals surface area contributed by atoms with Crippen molar-refractivity contribution in [2.24, 2.45) is 0 Å². The molecule has 244 valence electrons. The molecule has 0 saturated heterocycles. The predicted octanol–water partition coefficient (Wildman–Crippen LogP) is 4.90. The zero-order valence-corrected chi connectivity index (χ0v) is 26.7. The van der Waals surface area contributed by atoms with Gasteiger partial charge in [-0.3, -0.25) is 0 Å². The molecule has 10 nitrogen and oxygen atoms in total. The highest BCUT2D eigenvalue weighted by atomic mass is 16.6. The summed E-state index contributed by atoms with van der Waals surface area (Å²) in [6.07, 6.45) is 0. The normalized spacial score (nSPS) is 10.7. The van der Waals surface area contributed by atoms with Crippen LogP contribution in [0.15, 0.2) is 85.0 Å². The Morgan fingerprint density at radius 2 is 0.886 bits per heavy atom. The van der Waals surface area contributed by atoms with E-state index < -0.39 is 23.9 Å². The zero-order chi connectivity index (χ0) is 33.9. The summed E-state index contributed by atoms with van der Waals surface area (Å²) >= 11 is 0. The summed E-state index contributed by atoms with van der Waals surface area (Å²) in [5.74, 6) is -2.60. The minimum atomic E-state index is -0.736. The van der Waals surface area contributed by atoms with Gasteiger partial charge < -0.3 is 29.2 Å². The third-order valence-corrected chi connectivity index (χ3v) is 5.29. The second-order valence-corrected chi connectivity index (χ2v) is 8.84. The molecule has 44 heavy (non-hydrogen) atoms. The Balaban J connectivity index is 0. The van der Waals surface area contributed by atoms with Crippen LogP contribution in [0.25, 0.3) is 0 Å². The quantitative estimate of drug-likeness (QED) is 0.111. The third kappa shape index (κ3) is 19.0. The molecule has 0 bridgehead atoms. The Kier molecular flexibility index (Phi) is 25.1. The number of benzene rings is 2. The van der Waals surface area contributed by atoms with Gasteiger partial charge in [0.25, 0.3) is 0 Å². The lowest BCUT2D eigenvalue weighted by Gasteiger charge is -2.12. The van der Waals surface area contributed by atoms with E-state index in [2.05, 4.69) is 27.4 Å². The molecule has 10 heteroatoms. The number of carbonyl (C=O) groups is 4. The van der Waals surface area contributed by atoms with Gasteiger partial charge in [0.1, 0.15) is 11.1 Å². The molecule has 0 fully saturated rings. The monoisotopic (exact) mass is 616 g/mol. The van der Waals surface area contributed by atoms with Gasteiger partial charge in [-0.1, -0.05) is 87.7 Å². The number of hydrogen-bond acceptors (Lipinski definition) is 10. The van der Waals surface area contributed by atoms with Crippen molar-refractivity contribution in [1.29, 1.82) is 0 Å². The Morgan fingerprint density at radius 1 is 0.591 bits per heavy atom. The van der Waals surface area contributed by atoms with Crippen LogP contribution >= 0.6 is 0 Å². The maximum atomic E-state index is 11.6. The van der Waals surface area contributed by atoms with Crippen LogP contribution in [0.1, 0.15) is 64.5 Å². The van der Waals surface area contributed by atoms with Crippen molar-refractivity contribution >= 4 is 23.9 Å². The average molecular weight is 617 g/mol. The number of aliphatic hydroxyl groups excluding tert-OH is 2. The van der Waals surface area contributed by atoms with Crippen LogP contribution in [0.4, 0.5) is 0 Å². The van der Waals surface area contributed by atoms with Crippen molar-refractivity contribution in [2.45, 2.75) is 53.4 Å². The lowest BCUT2D eigenvalue weighted by molar-refractivity contribution is -0.148. The summed E-state index contributed by atoms with van der Waals surface area (Å²) in [5.41, 5.74) is 1.72. The van der Waals surface area contributed by atoms with Crippen LogP contribution in [0.2, 0.25) is 0 Å². The first-order valence-electron chi connectivity index (χ1n) is 14.3. The average Bonchev–Trinajstić information content (AvgIpc) is 3.04. The maximum Gasteiger partial charge on any atom is 0.344 e. The highest BCUT2D eigenvalue weighted by Crippen LogP contribution is 2.15. The molecule has 0 aliphatic carbocycles. The molecular weight excluding hydrogens is 568 g/mol. The van der Waals surface area contributed by atoms with Crippen molar-refractivity contribution in [3.63, 3.8) is 0 Å². The molecule has 0 saturated carbocycles. The van der Waals surface area contributed by atoms with E-state index >= 15 is 0 Å². The minimum absolute atomic E-state index is 0.0557. The van der Waals surface area contributed by atoms with Crippen molar-refractivity contribution in [2.75, 3.05) is 39.6 Å². The summed E-state index contributed by atoms with van der Waals surface area (Å²) in [7, 11) is 0. The van der Waals surface area contributed by atoms with Gasteiger partial charge in [-0.2, -0.15) is 0 Å². The molecule has 0 heterocycles. The Morgan fingerprint density at radius 3 is 1.18 bits per heavy atom. The van der Waals surface area contributed by atoms with Gasteiger partial charge in [0, 0.05) is 25.0 Å². The van der Waals surface area contributed by atoms with Gasteiger partial charge in [0.15, 0.2) is 0 Å². The van der Waals surface area contributed by atoms with Gasteiger partial charge in [0.05, 0.1) is 26.4 Å². The topological polar surface area (TPSA) is 146 Å². The smallest absolute Gasteiger partial charge is 0.344 e. The first-order valence-corrected chi connectivity index (χ1v) is 14.3. The van der Waals surface area contributed by atoms with Gasteiger partial charge in [-0.25, -0.2) is 19.2 Å². The molecule has 0 aliphatic rings. The standard InChI is InChI=1S/C15H18O4.C9H12O.C8H12O4.C2H6O/c1-4-18-14(16)12(3)15(17)19-10-11(2)13-8-6-5-7-9-13;1-8(7-10)9-5-3-2-4-6-9;1-4-11-7(9)6(3)8(10)12-5-2;1-2-3/h5-9,11H,3-4,10H2,1-2H3;2-6,8,10H,7H2,1H3;3-5H2,1-2H3;3H,2H2,1H3. The van der Waals surface area contributed by atoms with E-state index in [9.17, 15) is 19.2 Å². The van der Waals surface area contributed by atoms with Gasteiger partial charge in [0.2, 0.25) is 0 Å². The van der Waals surface area contributed by atoms with E-state index in [1.165, 1.54) is 5.56 Å².